The molecule has 1 heterocycles. The van der Waals surface area contributed by atoms with Gasteiger partial charge in [-0.25, -0.2) is 8.42 Å². The Morgan fingerprint density at radius 1 is 1.29 bits per heavy atom. The fourth-order valence-electron chi connectivity index (χ4n) is 2.45. The molecule has 0 aliphatic heterocycles. The highest BCUT2D eigenvalue weighted by Gasteiger charge is 2.17. The first-order valence-electron chi connectivity index (χ1n) is 7.87. The van der Waals surface area contributed by atoms with Crippen molar-refractivity contribution in [3.63, 3.8) is 0 Å². The van der Waals surface area contributed by atoms with E-state index in [9.17, 15) is 13.2 Å². The number of hydrogen-bond donors (Lipinski definition) is 1. The van der Waals surface area contributed by atoms with Crippen molar-refractivity contribution in [2.45, 2.75) is 44.7 Å². The largest absolute Gasteiger partial charge is 0.345 e. The fraction of sp³-hybridized carbons (Fsp3) is 0.412. The zero-order valence-corrected chi connectivity index (χ0v) is 15.2. The normalized spacial score (nSPS) is 12.8. The number of carbonyl (C=O) groups is 1. The maximum absolute atomic E-state index is 12.4. The van der Waals surface area contributed by atoms with Gasteiger partial charge in [-0.1, -0.05) is 19.1 Å². The molecule has 1 unspecified atom stereocenters. The number of amides is 1. The van der Waals surface area contributed by atoms with Crippen molar-refractivity contribution in [1.29, 1.82) is 0 Å². The molecular weight excluding hydrogens is 326 g/mol. The van der Waals surface area contributed by atoms with Gasteiger partial charge >= 0.3 is 0 Å². The van der Waals surface area contributed by atoms with Crippen molar-refractivity contribution in [2.24, 2.45) is 0 Å². The molecule has 0 saturated carbocycles. The summed E-state index contributed by atoms with van der Waals surface area (Å²) in [6, 6.07) is 6.30. The highest BCUT2D eigenvalue weighted by atomic mass is 32.2. The highest BCUT2D eigenvalue weighted by Crippen LogP contribution is 2.17. The maximum atomic E-state index is 12.4. The van der Waals surface area contributed by atoms with Gasteiger partial charge in [-0.3, -0.25) is 9.48 Å². The molecule has 2 aromatic rings. The van der Waals surface area contributed by atoms with Crippen molar-refractivity contribution in [2.75, 3.05) is 6.26 Å². The molecular formula is C17H23N3O3S. The summed E-state index contributed by atoms with van der Waals surface area (Å²) >= 11 is 0. The quantitative estimate of drug-likeness (QED) is 0.869. The topological polar surface area (TPSA) is 81.1 Å². The number of rotatable bonds is 6. The molecule has 1 aromatic heterocycles. The van der Waals surface area contributed by atoms with Gasteiger partial charge in [0.25, 0.3) is 5.91 Å². The van der Waals surface area contributed by atoms with Gasteiger partial charge in [-0.15, -0.1) is 0 Å². The Kier molecular flexibility index (Phi) is 5.43. The van der Waals surface area contributed by atoms with Crippen LogP contribution in [-0.4, -0.2) is 30.4 Å². The van der Waals surface area contributed by atoms with Crippen molar-refractivity contribution in [3.8, 4) is 0 Å². The number of benzene rings is 1. The van der Waals surface area contributed by atoms with E-state index in [1.165, 1.54) is 6.26 Å². The van der Waals surface area contributed by atoms with E-state index < -0.39 is 9.84 Å². The first-order valence-corrected chi connectivity index (χ1v) is 9.76. The minimum Gasteiger partial charge on any atom is -0.345 e. The molecule has 0 radical (unpaired) electrons. The molecule has 0 spiro atoms. The summed E-state index contributed by atoms with van der Waals surface area (Å²) in [5.74, 6) is -0.186. The van der Waals surface area contributed by atoms with Gasteiger partial charge in [0.2, 0.25) is 0 Å². The Morgan fingerprint density at radius 2 is 1.92 bits per heavy atom. The van der Waals surface area contributed by atoms with Gasteiger partial charge in [-0.2, -0.15) is 5.10 Å². The standard InChI is InChI=1S/C17H23N3O3S/c1-5-10-20-11-16(13(3)19-20)17(21)18-12(2)14-6-8-15(9-7-14)24(4,22)23/h6-9,11-12H,5,10H2,1-4H3,(H,18,21). The molecule has 1 atom stereocenters. The summed E-state index contributed by atoms with van der Waals surface area (Å²) in [5.41, 5.74) is 2.10. The van der Waals surface area contributed by atoms with E-state index in [1.807, 2.05) is 13.8 Å². The Hall–Kier alpha value is -2.15. The minimum absolute atomic E-state index is 0.186. The predicted molar refractivity (Wildman–Crippen MR) is 92.7 cm³/mol. The number of nitrogens with zero attached hydrogens (tertiary/aromatic N) is 2. The number of hydrogen-bond acceptors (Lipinski definition) is 4. The minimum atomic E-state index is -3.22. The molecule has 0 saturated heterocycles. The van der Waals surface area contributed by atoms with Gasteiger partial charge in [0.05, 0.1) is 22.2 Å². The van der Waals surface area contributed by atoms with Gasteiger partial charge in [-0.05, 0) is 38.0 Å². The van der Waals surface area contributed by atoms with E-state index in [0.717, 1.165) is 18.5 Å². The molecule has 0 aliphatic carbocycles. The first-order chi connectivity index (χ1) is 11.2. The summed E-state index contributed by atoms with van der Waals surface area (Å²) in [5, 5.41) is 7.25. The van der Waals surface area contributed by atoms with Crippen LogP contribution in [0.1, 0.15) is 47.9 Å². The summed E-state index contributed by atoms with van der Waals surface area (Å²) in [6.45, 7) is 6.50. The second-order valence-corrected chi connectivity index (χ2v) is 7.94. The smallest absolute Gasteiger partial charge is 0.255 e. The molecule has 2 rings (SSSR count). The summed E-state index contributed by atoms with van der Waals surface area (Å²) in [6.07, 6.45) is 3.88. The van der Waals surface area contributed by atoms with Gasteiger partial charge in [0, 0.05) is 19.0 Å². The molecule has 0 aliphatic rings. The first kappa shape index (κ1) is 18.2. The third-order valence-corrected chi connectivity index (χ3v) is 4.93. The Labute approximate surface area is 142 Å². The number of carbonyl (C=O) groups excluding carboxylic acids is 1. The Morgan fingerprint density at radius 3 is 2.46 bits per heavy atom. The van der Waals surface area contributed by atoms with E-state index in [-0.39, 0.29) is 16.8 Å². The molecule has 1 amide bonds. The van der Waals surface area contributed by atoms with Crippen molar-refractivity contribution >= 4 is 15.7 Å². The van der Waals surface area contributed by atoms with E-state index in [1.54, 1.807) is 35.1 Å². The lowest BCUT2D eigenvalue weighted by Crippen LogP contribution is -2.26. The van der Waals surface area contributed by atoms with Gasteiger partial charge < -0.3 is 5.32 Å². The van der Waals surface area contributed by atoms with Gasteiger partial charge in [0.1, 0.15) is 0 Å². The van der Waals surface area contributed by atoms with Crippen LogP contribution in [0.5, 0.6) is 0 Å². The molecule has 1 aromatic carbocycles. The van der Waals surface area contributed by atoms with Crippen LogP contribution in [0.25, 0.3) is 0 Å². The van der Waals surface area contributed by atoms with Crippen LogP contribution in [0.4, 0.5) is 0 Å². The average molecular weight is 349 g/mol. The number of sulfone groups is 1. The van der Waals surface area contributed by atoms with Crippen LogP contribution < -0.4 is 5.32 Å². The van der Waals surface area contributed by atoms with Crippen LogP contribution in [-0.2, 0) is 16.4 Å². The highest BCUT2D eigenvalue weighted by molar-refractivity contribution is 7.90. The summed E-state index contributed by atoms with van der Waals surface area (Å²) in [7, 11) is -3.22. The van der Waals surface area contributed by atoms with Crippen LogP contribution in [0, 0.1) is 6.92 Å². The third kappa shape index (κ3) is 4.23. The number of aromatic nitrogens is 2. The number of aryl methyl sites for hydroxylation is 2. The zero-order chi connectivity index (χ0) is 17.9. The van der Waals surface area contributed by atoms with E-state index in [2.05, 4.69) is 17.3 Å². The fourth-order valence-corrected chi connectivity index (χ4v) is 3.08. The van der Waals surface area contributed by atoms with Crippen molar-refractivity contribution < 1.29 is 13.2 Å². The van der Waals surface area contributed by atoms with E-state index >= 15 is 0 Å². The van der Waals surface area contributed by atoms with Crippen LogP contribution >= 0.6 is 0 Å². The molecule has 0 bridgehead atoms. The monoisotopic (exact) mass is 349 g/mol. The molecule has 1 N–H and O–H groups in total. The zero-order valence-electron chi connectivity index (χ0n) is 14.4. The Bertz CT molecular complexity index is 823. The molecule has 130 valence electrons. The lowest BCUT2D eigenvalue weighted by Gasteiger charge is -2.14. The molecule has 24 heavy (non-hydrogen) atoms. The summed E-state index contributed by atoms with van der Waals surface area (Å²) < 4.78 is 24.8. The second-order valence-electron chi connectivity index (χ2n) is 5.93. The maximum Gasteiger partial charge on any atom is 0.255 e. The predicted octanol–water partition coefficient (Wildman–Crippen LogP) is 2.50. The van der Waals surface area contributed by atoms with Crippen LogP contribution in [0.2, 0.25) is 0 Å². The molecule has 7 heteroatoms. The lowest BCUT2D eigenvalue weighted by atomic mass is 10.1. The van der Waals surface area contributed by atoms with E-state index in [4.69, 9.17) is 0 Å². The van der Waals surface area contributed by atoms with Gasteiger partial charge in [0.15, 0.2) is 9.84 Å². The van der Waals surface area contributed by atoms with Crippen molar-refractivity contribution in [1.82, 2.24) is 15.1 Å². The second kappa shape index (κ2) is 7.17. The number of nitrogens with one attached hydrogen (secondary N) is 1. The summed E-state index contributed by atoms with van der Waals surface area (Å²) in [4.78, 5) is 12.7. The van der Waals surface area contributed by atoms with Crippen LogP contribution in [0.15, 0.2) is 35.4 Å². The molecule has 0 fully saturated rings. The lowest BCUT2D eigenvalue weighted by molar-refractivity contribution is 0.0939. The molecule has 6 nitrogen and oxygen atoms in total. The Balaban J connectivity index is 2.11. The average Bonchev–Trinajstić information content (AvgIpc) is 2.87. The van der Waals surface area contributed by atoms with Crippen molar-refractivity contribution in [3.05, 3.63) is 47.3 Å². The van der Waals surface area contributed by atoms with E-state index in [0.29, 0.717) is 11.3 Å². The van der Waals surface area contributed by atoms with Crippen LogP contribution in [0.3, 0.4) is 0 Å². The SMILES string of the molecule is CCCn1cc(C(=O)NC(C)c2ccc(S(C)(=O)=O)cc2)c(C)n1. The third-order valence-electron chi connectivity index (χ3n) is 3.80.